The van der Waals surface area contributed by atoms with E-state index in [0.29, 0.717) is 12.8 Å². The molecular formula is C19H20FNO2. The van der Waals surface area contributed by atoms with Gasteiger partial charge in [0.1, 0.15) is 5.82 Å². The molecule has 0 fully saturated rings. The second-order valence-corrected chi connectivity index (χ2v) is 5.43. The highest BCUT2D eigenvalue weighted by Gasteiger charge is 2.04. The molecule has 23 heavy (non-hydrogen) atoms. The Hall–Kier alpha value is -2.46. The van der Waals surface area contributed by atoms with Gasteiger partial charge in [-0.15, -0.1) is 0 Å². The number of allylic oxidation sites excluding steroid dienone is 1. The second kappa shape index (κ2) is 8.25. The number of hydroxylamine groups is 1. The minimum absolute atomic E-state index is 0.249. The summed E-state index contributed by atoms with van der Waals surface area (Å²) in [5, 5.41) is 8.44. The molecule has 4 heteroatoms. The van der Waals surface area contributed by atoms with Crippen molar-refractivity contribution in [1.29, 1.82) is 0 Å². The van der Waals surface area contributed by atoms with Crippen molar-refractivity contribution in [2.45, 2.75) is 25.7 Å². The van der Waals surface area contributed by atoms with Crippen LogP contribution < -0.4 is 5.48 Å². The molecule has 0 bridgehead atoms. The van der Waals surface area contributed by atoms with Crippen LogP contribution in [0.1, 0.15) is 31.2 Å². The molecular weight excluding hydrogens is 293 g/mol. The van der Waals surface area contributed by atoms with Gasteiger partial charge in [-0.3, -0.25) is 10.0 Å². The van der Waals surface area contributed by atoms with E-state index < -0.39 is 0 Å². The number of benzene rings is 2. The summed E-state index contributed by atoms with van der Waals surface area (Å²) in [5.41, 5.74) is 5.64. The van der Waals surface area contributed by atoms with Gasteiger partial charge in [0.25, 0.3) is 0 Å². The van der Waals surface area contributed by atoms with Crippen molar-refractivity contribution in [2.24, 2.45) is 0 Å². The van der Waals surface area contributed by atoms with Gasteiger partial charge in [-0.25, -0.2) is 9.87 Å². The summed E-state index contributed by atoms with van der Waals surface area (Å²) in [6.07, 6.45) is 2.61. The van der Waals surface area contributed by atoms with Gasteiger partial charge in [0.15, 0.2) is 0 Å². The predicted molar refractivity (Wildman–Crippen MR) is 89.3 cm³/mol. The monoisotopic (exact) mass is 313 g/mol. The zero-order valence-corrected chi connectivity index (χ0v) is 12.9. The Morgan fingerprint density at radius 2 is 1.74 bits per heavy atom. The topological polar surface area (TPSA) is 49.3 Å². The van der Waals surface area contributed by atoms with Crippen LogP contribution in [0.4, 0.5) is 4.39 Å². The molecule has 120 valence electrons. The highest BCUT2D eigenvalue weighted by Crippen LogP contribution is 2.25. The first kappa shape index (κ1) is 16.9. The summed E-state index contributed by atoms with van der Waals surface area (Å²) >= 11 is 0. The van der Waals surface area contributed by atoms with Gasteiger partial charge in [-0.2, -0.15) is 0 Å². The molecule has 3 nitrogen and oxygen atoms in total. The first-order chi connectivity index (χ1) is 11.1. The fraction of sp³-hybridized carbons (Fsp3) is 0.211. The normalized spacial score (nSPS) is 10.3. The predicted octanol–water partition coefficient (Wildman–Crippen LogP) is 4.57. The minimum atomic E-state index is -0.367. The summed E-state index contributed by atoms with van der Waals surface area (Å²) in [6, 6.07) is 14.4. The number of unbranched alkanes of at least 4 members (excludes halogenated alkanes) is 1. The lowest BCUT2D eigenvalue weighted by Crippen LogP contribution is -2.17. The molecule has 2 N–H and O–H groups in total. The highest BCUT2D eigenvalue weighted by molar-refractivity contribution is 5.74. The third-order valence-corrected chi connectivity index (χ3v) is 3.71. The molecule has 0 aliphatic heterocycles. The Balaban J connectivity index is 1.97. The van der Waals surface area contributed by atoms with E-state index in [-0.39, 0.29) is 11.7 Å². The molecule has 1 amide bonds. The van der Waals surface area contributed by atoms with E-state index in [1.54, 1.807) is 17.6 Å². The van der Waals surface area contributed by atoms with Gasteiger partial charge in [-0.1, -0.05) is 36.9 Å². The molecule has 0 saturated heterocycles. The van der Waals surface area contributed by atoms with Crippen molar-refractivity contribution < 1.29 is 14.4 Å². The van der Waals surface area contributed by atoms with Crippen LogP contribution in [-0.4, -0.2) is 11.1 Å². The molecule has 2 rings (SSSR count). The van der Waals surface area contributed by atoms with Crippen molar-refractivity contribution in [1.82, 2.24) is 5.48 Å². The van der Waals surface area contributed by atoms with Crippen LogP contribution in [-0.2, 0) is 4.79 Å². The molecule has 0 heterocycles. The summed E-state index contributed by atoms with van der Waals surface area (Å²) in [6.45, 7) is 4.10. The Morgan fingerprint density at radius 1 is 1.04 bits per heavy atom. The average Bonchev–Trinajstić information content (AvgIpc) is 2.59. The molecule has 0 unspecified atom stereocenters. The van der Waals surface area contributed by atoms with Crippen LogP contribution >= 0.6 is 0 Å². The van der Waals surface area contributed by atoms with Gasteiger partial charge in [0.05, 0.1) is 0 Å². The van der Waals surface area contributed by atoms with Gasteiger partial charge >= 0.3 is 0 Å². The number of carbonyl (C=O) groups excluding carboxylic acids is 1. The highest BCUT2D eigenvalue weighted by atomic mass is 19.1. The molecule has 0 aliphatic carbocycles. The van der Waals surface area contributed by atoms with Crippen LogP contribution in [0, 0.1) is 5.82 Å². The molecule has 2 aromatic carbocycles. The summed E-state index contributed by atoms with van der Waals surface area (Å²) in [5.74, 6) is -0.616. The molecule has 0 atom stereocenters. The zero-order chi connectivity index (χ0) is 16.7. The SMILES string of the molecule is C=C(CCCCC(=O)NO)c1cccc(-c2ccc(F)cc2)c1. The third kappa shape index (κ3) is 5.04. The fourth-order valence-corrected chi connectivity index (χ4v) is 2.39. The number of halogens is 1. The molecule has 0 aromatic heterocycles. The Bertz CT molecular complexity index is 680. The van der Waals surface area contributed by atoms with Gasteiger partial charge < -0.3 is 0 Å². The van der Waals surface area contributed by atoms with E-state index in [1.165, 1.54) is 12.1 Å². The summed E-state index contributed by atoms with van der Waals surface area (Å²) < 4.78 is 13.0. The Morgan fingerprint density at radius 3 is 2.43 bits per heavy atom. The maximum Gasteiger partial charge on any atom is 0.243 e. The number of nitrogens with one attached hydrogen (secondary N) is 1. The van der Waals surface area contributed by atoms with E-state index in [1.807, 2.05) is 24.3 Å². The lowest BCUT2D eigenvalue weighted by Gasteiger charge is -2.09. The number of hydrogen-bond donors (Lipinski definition) is 2. The van der Waals surface area contributed by atoms with E-state index >= 15 is 0 Å². The quantitative estimate of drug-likeness (QED) is 0.447. The number of carbonyl (C=O) groups is 1. The van der Waals surface area contributed by atoms with Gasteiger partial charge in [0.2, 0.25) is 5.91 Å². The second-order valence-electron chi connectivity index (χ2n) is 5.43. The Kier molecular flexibility index (Phi) is 6.06. The average molecular weight is 313 g/mol. The standard InChI is InChI=1S/C19H20FNO2/c1-14(5-2-3-8-19(22)21-23)16-6-4-7-17(13-16)15-9-11-18(20)12-10-15/h4,6-7,9-13,23H,1-3,5,8H2,(H,21,22). The Labute approximate surface area is 135 Å². The maximum absolute atomic E-state index is 13.0. The zero-order valence-electron chi connectivity index (χ0n) is 12.9. The largest absolute Gasteiger partial charge is 0.289 e. The van der Waals surface area contributed by atoms with E-state index in [9.17, 15) is 9.18 Å². The lowest BCUT2D eigenvalue weighted by atomic mass is 9.97. The van der Waals surface area contributed by atoms with Gasteiger partial charge in [0, 0.05) is 6.42 Å². The third-order valence-electron chi connectivity index (χ3n) is 3.71. The molecule has 0 radical (unpaired) electrons. The number of rotatable bonds is 7. The van der Waals surface area contributed by atoms with Crippen LogP contribution in [0.5, 0.6) is 0 Å². The fourth-order valence-electron chi connectivity index (χ4n) is 2.39. The van der Waals surface area contributed by atoms with E-state index in [4.69, 9.17) is 5.21 Å². The number of amides is 1. The minimum Gasteiger partial charge on any atom is -0.289 e. The van der Waals surface area contributed by atoms with E-state index in [2.05, 4.69) is 6.58 Å². The lowest BCUT2D eigenvalue weighted by molar-refractivity contribution is -0.129. The number of hydrogen-bond acceptors (Lipinski definition) is 2. The molecule has 0 spiro atoms. The van der Waals surface area contributed by atoms with Gasteiger partial charge in [-0.05, 0) is 59.7 Å². The molecule has 0 aliphatic rings. The van der Waals surface area contributed by atoms with Crippen molar-refractivity contribution in [3.8, 4) is 11.1 Å². The summed E-state index contributed by atoms with van der Waals surface area (Å²) in [4.78, 5) is 10.9. The van der Waals surface area contributed by atoms with Crippen LogP contribution in [0.25, 0.3) is 16.7 Å². The van der Waals surface area contributed by atoms with Crippen LogP contribution in [0.3, 0.4) is 0 Å². The summed E-state index contributed by atoms with van der Waals surface area (Å²) in [7, 11) is 0. The molecule has 2 aromatic rings. The van der Waals surface area contributed by atoms with Crippen molar-refractivity contribution in [3.63, 3.8) is 0 Å². The van der Waals surface area contributed by atoms with Crippen LogP contribution in [0.15, 0.2) is 55.1 Å². The van der Waals surface area contributed by atoms with Crippen LogP contribution in [0.2, 0.25) is 0 Å². The first-order valence-electron chi connectivity index (χ1n) is 7.57. The van der Waals surface area contributed by atoms with Crippen molar-refractivity contribution in [2.75, 3.05) is 0 Å². The maximum atomic E-state index is 13.0. The van der Waals surface area contributed by atoms with Crippen molar-refractivity contribution in [3.05, 3.63) is 66.5 Å². The van der Waals surface area contributed by atoms with E-state index in [0.717, 1.165) is 35.1 Å². The van der Waals surface area contributed by atoms with Crippen molar-refractivity contribution >= 4 is 11.5 Å². The smallest absolute Gasteiger partial charge is 0.243 e. The molecule has 0 saturated carbocycles. The first-order valence-corrected chi connectivity index (χ1v) is 7.57.